The molecule has 6 heteroatoms. The molecule has 1 aromatic rings. The molecule has 3 nitrogen and oxygen atoms in total. The topological polar surface area (TPSA) is 54.4 Å². The first-order valence-electron chi connectivity index (χ1n) is 3.78. The van der Waals surface area contributed by atoms with Crippen molar-refractivity contribution >= 4 is 23.4 Å². The van der Waals surface area contributed by atoms with Crippen molar-refractivity contribution in [1.29, 1.82) is 0 Å². The molecule has 80 valence electrons. The van der Waals surface area contributed by atoms with E-state index in [1.807, 2.05) is 0 Å². The molecule has 0 heterocycles. The van der Waals surface area contributed by atoms with Crippen LogP contribution in [0.25, 0.3) is 0 Å². The number of hydrogen-bond donors (Lipinski definition) is 1. The maximum atomic E-state index is 12.2. The normalized spacial score (nSPS) is 10.4. The van der Waals surface area contributed by atoms with Crippen molar-refractivity contribution in [2.75, 3.05) is 0 Å². The molecule has 15 heavy (non-hydrogen) atoms. The summed E-state index contributed by atoms with van der Waals surface area (Å²) in [5.41, 5.74) is -0.869. The third-order valence-electron chi connectivity index (χ3n) is 1.68. The molecule has 0 spiro atoms. The number of ketones is 1. The van der Waals surface area contributed by atoms with E-state index in [-0.39, 0.29) is 5.02 Å². The summed E-state index contributed by atoms with van der Waals surface area (Å²) in [7, 11) is 0. The second-order valence-corrected chi connectivity index (χ2v) is 3.08. The summed E-state index contributed by atoms with van der Waals surface area (Å²) < 4.78 is 24.5. The van der Waals surface area contributed by atoms with Crippen molar-refractivity contribution in [3.05, 3.63) is 34.3 Å². The molecule has 0 amide bonds. The largest absolute Gasteiger partial charge is 0.475 e. The minimum Gasteiger partial charge on any atom is -0.475 e. The van der Waals surface area contributed by atoms with Gasteiger partial charge in [0.25, 0.3) is 12.2 Å². The lowest BCUT2D eigenvalue weighted by molar-refractivity contribution is -0.131. The summed E-state index contributed by atoms with van der Waals surface area (Å²) in [5.74, 6) is -3.04. The summed E-state index contributed by atoms with van der Waals surface area (Å²) in [6.07, 6.45) is -2.78. The Bertz CT molecular complexity index is 418. The van der Waals surface area contributed by atoms with Gasteiger partial charge < -0.3 is 5.11 Å². The molecule has 0 atom stereocenters. The van der Waals surface area contributed by atoms with E-state index in [0.29, 0.717) is 0 Å². The molecule has 0 bridgehead atoms. The Morgan fingerprint density at radius 2 is 1.93 bits per heavy atom. The third kappa shape index (κ3) is 2.50. The quantitative estimate of drug-likeness (QED) is 0.646. The number of Topliss-reactive ketones (excluding diaryl/α,β-unsaturated/α-hetero) is 1. The first-order valence-corrected chi connectivity index (χ1v) is 4.16. The van der Waals surface area contributed by atoms with Crippen LogP contribution in [0.3, 0.4) is 0 Å². The molecule has 0 aromatic heterocycles. The molecule has 0 aliphatic rings. The molecule has 1 aromatic carbocycles. The molecular weight excluding hydrogens is 230 g/mol. The summed E-state index contributed by atoms with van der Waals surface area (Å²) in [6.45, 7) is 0. The van der Waals surface area contributed by atoms with Crippen LogP contribution in [0.1, 0.15) is 22.3 Å². The number of aliphatic carboxylic acids is 1. The minimum absolute atomic E-state index is 0.160. The molecule has 1 rings (SSSR count). The van der Waals surface area contributed by atoms with Gasteiger partial charge in [-0.3, -0.25) is 4.79 Å². The maximum Gasteiger partial charge on any atom is 0.377 e. The second kappa shape index (κ2) is 4.35. The number of carboxylic acid groups (broad SMARTS) is 1. The number of halogens is 3. The fourth-order valence-electron chi connectivity index (χ4n) is 0.968. The Morgan fingerprint density at radius 3 is 2.40 bits per heavy atom. The zero-order valence-electron chi connectivity index (χ0n) is 7.21. The highest BCUT2D eigenvalue weighted by molar-refractivity contribution is 6.45. The first-order chi connectivity index (χ1) is 6.93. The number of carbonyl (C=O) groups excluding carboxylic acids is 1. The summed E-state index contributed by atoms with van der Waals surface area (Å²) in [5, 5.41) is 8.23. The highest BCUT2D eigenvalue weighted by Crippen LogP contribution is 2.24. The van der Waals surface area contributed by atoms with E-state index in [2.05, 4.69) is 0 Å². The average Bonchev–Trinajstić information content (AvgIpc) is 2.16. The Balaban J connectivity index is 3.22. The highest BCUT2D eigenvalue weighted by Gasteiger charge is 2.20. The molecular formula is C9H5ClF2O3. The van der Waals surface area contributed by atoms with Crippen LogP contribution >= 0.6 is 11.6 Å². The number of hydrogen-bond acceptors (Lipinski definition) is 2. The number of rotatable bonds is 3. The standard InChI is InChI=1S/C9H5ClF2O3/c10-6-2-1-4(8(11)12)3-5(6)7(13)9(14)15/h1-3,8H,(H,14,15). The maximum absolute atomic E-state index is 12.2. The van der Waals surface area contributed by atoms with E-state index < -0.39 is 29.3 Å². The molecule has 0 aliphatic heterocycles. The van der Waals surface area contributed by atoms with Crippen molar-refractivity contribution in [3.8, 4) is 0 Å². The Labute approximate surface area is 88.3 Å². The van der Waals surface area contributed by atoms with Gasteiger partial charge in [0.15, 0.2) is 0 Å². The van der Waals surface area contributed by atoms with Gasteiger partial charge in [0.1, 0.15) is 0 Å². The van der Waals surface area contributed by atoms with Gasteiger partial charge in [0.2, 0.25) is 0 Å². The zero-order chi connectivity index (χ0) is 11.6. The van der Waals surface area contributed by atoms with E-state index >= 15 is 0 Å². The highest BCUT2D eigenvalue weighted by atomic mass is 35.5. The van der Waals surface area contributed by atoms with Gasteiger partial charge in [-0.15, -0.1) is 0 Å². The van der Waals surface area contributed by atoms with Crippen LogP contribution in [0.2, 0.25) is 5.02 Å². The smallest absolute Gasteiger partial charge is 0.377 e. The third-order valence-corrected chi connectivity index (χ3v) is 2.01. The molecule has 0 saturated carbocycles. The Hall–Kier alpha value is -1.49. The second-order valence-electron chi connectivity index (χ2n) is 2.67. The molecule has 0 radical (unpaired) electrons. The predicted molar refractivity (Wildman–Crippen MR) is 48.4 cm³/mol. The lowest BCUT2D eigenvalue weighted by Crippen LogP contribution is -2.13. The molecule has 0 saturated heterocycles. The summed E-state index contributed by atoms with van der Waals surface area (Å²) >= 11 is 5.51. The van der Waals surface area contributed by atoms with Crippen LogP contribution in [-0.4, -0.2) is 16.9 Å². The number of carboxylic acids is 1. The number of benzene rings is 1. The van der Waals surface area contributed by atoms with Gasteiger partial charge in [-0.05, 0) is 12.1 Å². The lowest BCUT2D eigenvalue weighted by atomic mass is 10.1. The van der Waals surface area contributed by atoms with Crippen molar-refractivity contribution in [2.45, 2.75) is 6.43 Å². The summed E-state index contributed by atoms with van der Waals surface area (Å²) in [6, 6.07) is 2.88. The number of alkyl halides is 2. The molecule has 0 fully saturated rings. The Kier molecular flexibility index (Phi) is 3.36. The van der Waals surface area contributed by atoms with Crippen LogP contribution in [0.15, 0.2) is 18.2 Å². The van der Waals surface area contributed by atoms with E-state index in [1.165, 1.54) is 0 Å². The molecule has 0 unspecified atom stereocenters. The van der Waals surface area contributed by atoms with Gasteiger partial charge >= 0.3 is 5.97 Å². The Morgan fingerprint density at radius 1 is 1.33 bits per heavy atom. The van der Waals surface area contributed by atoms with Gasteiger partial charge in [-0.1, -0.05) is 17.7 Å². The van der Waals surface area contributed by atoms with Crippen molar-refractivity contribution in [2.24, 2.45) is 0 Å². The van der Waals surface area contributed by atoms with Crippen molar-refractivity contribution < 1.29 is 23.5 Å². The van der Waals surface area contributed by atoms with Crippen LogP contribution in [0, 0.1) is 0 Å². The van der Waals surface area contributed by atoms with Gasteiger partial charge in [0.05, 0.1) is 5.02 Å². The minimum atomic E-state index is -2.78. The van der Waals surface area contributed by atoms with E-state index in [4.69, 9.17) is 16.7 Å². The van der Waals surface area contributed by atoms with Crippen LogP contribution in [0.4, 0.5) is 8.78 Å². The SMILES string of the molecule is O=C(O)C(=O)c1cc(C(F)F)ccc1Cl. The van der Waals surface area contributed by atoms with Crippen LogP contribution in [0.5, 0.6) is 0 Å². The number of carbonyl (C=O) groups is 2. The van der Waals surface area contributed by atoms with Gasteiger partial charge in [-0.25, -0.2) is 13.6 Å². The van der Waals surface area contributed by atoms with Crippen LogP contribution < -0.4 is 0 Å². The van der Waals surface area contributed by atoms with E-state index in [0.717, 1.165) is 18.2 Å². The lowest BCUT2D eigenvalue weighted by Gasteiger charge is -2.03. The summed E-state index contributed by atoms with van der Waals surface area (Å²) in [4.78, 5) is 21.3. The van der Waals surface area contributed by atoms with Crippen LogP contribution in [-0.2, 0) is 4.79 Å². The zero-order valence-corrected chi connectivity index (χ0v) is 7.96. The fourth-order valence-corrected chi connectivity index (χ4v) is 1.17. The van der Waals surface area contributed by atoms with E-state index in [1.54, 1.807) is 0 Å². The average molecular weight is 235 g/mol. The van der Waals surface area contributed by atoms with Gasteiger partial charge in [0, 0.05) is 11.1 Å². The molecule has 0 aliphatic carbocycles. The van der Waals surface area contributed by atoms with Gasteiger partial charge in [-0.2, -0.15) is 0 Å². The van der Waals surface area contributed by atoms with Crippen molar-refractivity contribution in [1.82, 2.24) is 0 Å². The monoisotopic (exact) mass is 234 g/mol. The fraction of sp³-hybridized carbons (Fsp3) is 0.111. The predicted octanol–water partition coefficient (Wildman–Crippen LogP) is 2.54. The van der Waals surface area contributed by atoms with Crippen molar-refractivity contribution in [3.63, 3.8) is 0 Å². The first kappa shape index (κ1) is 11.6. The molecule has 1 N–H and O–H groups in total. The van der Waals surface area contributed by atoms with E-state index in [9.17, 15) is 18.4 Å².